The van der Waals surface area contributed by atoms with Gasteiger partial charge >= 0.3 is 0 Å². The lowest BCUT2D eigenvalue weighted by molar-refractivity contribution is -0.120. The van der Waals surface area contributed by atoms with Crippen LogP contribution in [0.4, 0.5) is 0 Å². The molecule has 0 saturated carbocycles. The molecule has 0 spiro atoms. The molecule has 1 aromatic carbocycles. The first kappa shape index (κ1) is 16.7. The molecule has 0 fully saturated rings. The van der Waals surface area contributed by atoms with Gasteiger partial charge in [-0.2, -0.15) is 0 Å². The minimum absolute atomic E-state index is 0.0333. The molecular formula is C14H19N5OS2. The van der Waals surface area contributed by atoms with Crippen molar-refractivity contribution in [2.45, 2.75) is 35.2 Å². The SMILES string of the molecule is CCNC(=O)[C@@H](C)Sc1nnc(SCc2ccccc2)n1N. The third-order valence-electron chi connectivity index (χ3n) is 2.85. The van der Waals surface area contributed by atoms with Gasteiger partial charge in [0, 0.05) is 12.3 Å². The number of hydrogen-bond donors (Lipinski definition) is 2. The van der Waals surface area contributed by atoms with Gasteiger partial charge < -0.3 is 11.2 Å². The van der Waals surface area contributed by atoms with E-state index in [1.807, 2.05) is 32.0 Å². The second kappa shape index (κ2) is 8.09. The van der Waals surface area contributed by atoms with Gasteiger partial charge in [-0.1, -0.05) is 53.9 Å². The Balaban J connectivity index is 1.96. The topological polar surface area (TPSA) is 85.8 Å². The number of thioether (sulfide) groups is 2. The van der Waals surface area contributed by atoms with Gasteiger partial charge in [-0.05, 0) is 19.4 Å². The number of nitrogens with two attached hydrogens (primary N) is 1. The van der Waals surface area contributed by atoms with Crippen molar-refractivity contribution in [3.05, 3.63) is 35.9 Å². The van der Waals surface area contributed by atoms with Crippen LogP contribution in [-0.4, -0.2) is 32.6 Å². The van der Waals surface area contributed by atoms with Gasteiger partial charge in [0.15, 0.2) is 0 Å². The van der Waals surface area contributed by atoms with Gasteiger partial charge in [-0.3, -0.25) is 4.79 Å². The molecule has 2 aromatic rings. The van der Waals surface area contributed by atoms with E-state index >= 15 is 0 Å². The normalized spacial score (nSPS) is 12.1. The van der Waals surface area contributed by atoms with E-state index in [0.29, 0.717) is 16.9 Å². The van der Waals surface area contributed by atoms with Crippen molar-refractivity contribution in [1.29, 1.82) is 0 Å². The zero-order valence-electron chi connectivity index (χ0n) is 12.5. The molecule has 0 radical (unpaired) electrons. The summed E-state index contributed by atoms with van der Waals surface area (Å²) in [7, 11) is 0. The van der Waals surface area contributed by atoms with E-state index in [1.54, 1.807) is 0 Å². The van der Waals surface area contributed by atoms with E-state index in [9.17, 15) is 4.79 Å². The van der Waals surface area contributed by atoms with Crippen molar-refractivity contribution in [2.24, 2.45) is 0 Å². The summed E-state index contributed by atoms with van der Waals surface area (Å²) in [6, 6.07) is 10.1. The predicted molar refractivity (Wildman–Crippen MR) is 90.2 cm³/mol. The molecule has 0 aliphatic heterocycles. The van der Waals surface area contributed by atoms with Crippen LogP contribution in [0.1, 0.15) is 19.4 Å². The highest BCUT2D eigenvalue weighted by Gasteiger charge is 2.18. The summed E-state index contributed by atoms with van der Waals surface area (Å²) < 4.78 is 1.44. The fourth-order valence-corrected chi connectivity index (χ4v) is 3.36. The number of carbonyl (C=O) groups excluding carboxylic acids is 1. The van der Waals surface area contributed by atoms with Gasteiger partial charge in [0.1, 0.15) is 0 Å². The van der Waals surface area contributed by atoms with Crippen LogP contribution in [0.3, 0.4) is 0 Å². The van der Waals surface area contributed by atoms with E-state index in [0.717, 1.165) is 5.75 Å². The maximum absolute atomic E-state index is 11.7. The molecule has 0 aliphatic carbocycles. The van der Waals surface area contributed by atoms with Crippen LogP contribution < -0.4 is 11.2 Å². The van der Waals surface area contributed by atoms with Gasteiger partial charge in [-0.15, -0.1) is 10.2 Å². The zero-order valence-corrected chi connectivity index (χ0v) is 14.2. The molecular weight excluding hydrogens is 318 g/mol. The summed E-state index contributed by atoms with van der Waals surface area (Å²) in [6.07, 6.45) is 0. The van der Waals surface area contributed by atoms with Gasteiger partial charge in [-0.25, -0.2) is 4.68 Å². The number of nitrogens with zero attached hydrogens (tertiary/aromatic N) is 3. The van der Waals surface area contributed by atoms with Crippen LogP contribution in [0.25, 0.3) is 0 Å². The second-order valence-corrected chi connectivity index (χ2v) is 6.81. The fraction of sp³-hybridized carbons (Fsp3) is 0.357. The van der Waals surface area contributed by atoms with Gasteiger partial charge in [0.2, 0.25) is 16.2 Å². The van der Waals surface area contributed by atoms with E-state index in [1.165, 1.54) is 33.8 Å². The van der Waals surface area contributed by atoms with Crippen molar-refractivity contribution in [3.63, 3.8) is 0 Å². The number of nitrogen functional groups attached to an aromatic ring is 1. The third kappa shape index (κ3) is 4.41. The molecule has 118 valence electrons. The van der Waals surface area contributed by atoms with Gasteiger partial charge in [0.05, 0.1) is 5.25 Å². The maximum Gasteiger partial charge on any atom is 0.233 e. The van der Waals surface area contributed by atoms with Crippen LogP contribution >= 0.6 is 23.5 Å². The Morgan fingerprint density at radius 3 is 2.68 bits per heavy atom. The molecule has 3 N–H and O–H groups in total. The number of aromatic nitrogens is 3. The number of benzene rings is 1. The lowest BCUT2D eigenvalue weighted by Gasteiger charge is -2.10. The monoisotopic (exact) mass is 337 g/mol. The van der Waals surface area contributed by atoms with Crippen LogP contribution in [0.15, 0.2) is 40.6 Å². The Labute approximate surface area is 138 Å². The highest BCUT2D eigenvalue weighted by molar-refractivity contribution is 8.00. The smallest absolute Gasteiger partial charge is 0.233 e. The lowest BCUT2D eigenvalue weighted by Crippen LogP contribution is -2.31. The Hall–Kier alpha value is -1.67. The molecule has 1 heterocycles. The average Bonchev–Trinajstić information content (AvgIpc) is 2.87. The highest BCUT2D eigenvalue weighted by Crippen LogP contribution is 2.26. The van der Waals surface area contributed by atoms with Crippen molar-refractivity contribution in [3.8, 4) is 0 Å². The Morgan fingerprint density at radius 2 is 2.00 bits per heavy atom. The minimum atomic E-state index is -0.265. The third-order valence-corrected chi connectivity index (χ3v) is 4.92. The number of hydrogen-bond acceptors (Lipinski definition) is 6. The molecule has 6 nitrogen and oxygen atoms in total. The van der Waals surface area contributed by atoms with Crippen molar-refractivity contribution in [1.82, 2.24) is 20.2 Å². The molecule has 22 heavy (non-hydrogen) atoms. The number of nitrogens with one attached hydrogen (secondary N) is 1. The second-order valence-electron chi connectivity index (χ2n) is 4.56. The first-order chi connectivity index (χ1) is 10.6. The van der Waals surface area contributed by atoms with Gasteiger partial charge in [0.25, 0.3) is 0 Å². The average molecular weight is 337 g/mol. The van der Waals surface area contributed by atoms with Crippen LogP contribution in [0.5, 0.6) is 0 Å². The highest BCUT2D eigenvalue weighted by atomic mass is 32.2. The molecule has 1 atom stereocenters. The van der Waals surface area contributed by atoms with Crippen molar-refractivity contribution in [2.75, 3.05) is 12.4 Å². The Bertz CT molecular complexity index is 617. The summed E-state index contributed by atoms with van der Waals surface area (Å²) in [6.45, 7) is 4.32. The number of rotatable bonds is 7. The minimum Gasteiger partial charge on any atom is -0.355 e. The summed E-state index contributed by atoms with van der Waals surface area (Å²) in [5.41, 5.74) is 1.19. The molecule has 1 aromatic heterocycles. The quantitative estimate of drug-likeness (QED) is 0.593. The summed E-state index contributed by atoms with van der Waals surface area (Å²) in [5.74, 6) is 6.75. The fourth-order valence-electron chi connectivity index (χ4n) is 1.69. The van der Waals surface area contributed by atoms with E-state index in [-0.39, 0.29) is 11.2 Å². The molecule has 8 heteroatoms. The zero-order chi connectivity index (χ0) is 15.9. The predicted octanol–water partition coefficient (Wildman–Crippen LogP) is 1.90. The molecule has 0 bridgehead atoms. The number of carbonyl (C=O) groups is 1. The Morgan fingerprint density at radius 1 is 1.32 bits per heavy atom. The van der Waals surface area contributed by atoms with E-state index in [4.69, 9.17) is 5.84 Å². The summed E-state index contributed by atoms with van der Waals surface area (Å²) in [4.78, 5) is 11.7. The van der Waals surface area contributed by atoms with Crippen molar-refractivity contribution < 1.29 is 4.79 Å². The molecule has 0 saturated heterocycles. The number of amides is 1. The van der Waals surface area contributed by atoms with E-state index in [2.05, 4.69) is 27.6 Å². The van der Waals surface area contributed by atoms with Crippen LogP contribution in [0, 0.1) is 0 Å². The molecule has 0 unspecified atom stereocenters. The molecule has 2 rings (SSSR count). The van der Waals surface area contributed by atoms with E-state index < -0.39 is 0 Å². The largest absolute Gasteiger partial charge is 0.355 e. The standard InChI is InChI=1S/C14H19N5OS2/c1-3-16-12(20)10(2)22-14-18-17-13(19(14)15)21-9-11-7-5-4-6-8-11/h4-8,10H,3,9,15H2,1-2H3,(H,16,20)/t10-/m1/s1. The molecule has 0 aliphatic rings. The first-order valence-electron chi connectivity index (χ1n) is 6.93. The first-order valence-corrected chi connectivity index (χ1v) is 8.80. The lowest BCUT2D eigenvalue weighted by atomic mass is 10.2. The van der Waals surface area contributed by atoms with Crippen LogP contribution in [0.2, 0.25) is 0 Å². The summed E-state index contributed by atoms with van der Waals surface area (Å²) in [5, 5.41) is 11.8. The van der Waals surface area contributed by atoms with Crippen LogP contribution in [-0.2, 0) is 10.5 Å². The Kier molecular flexibility index (Phi) is 6.14. The maximum atomic E-state index is 11.7. The molecule has 1 amide bonds. The summed E-state index contributed by atoms with van der Waals surface area (Å²) >= 11 is 2.82. The van der Waals surface area contributed by atoms with Crippen molar-refractivity contribution >= 4 is 29.4 Å².